The van der Waals surface area contributed by atoms with E-state index in [0.717, 1.165) is 0 Å². The Morgan fingerprint density at radius 1 is 1.32 bits per heavy atom. The van der Waals surface area contributed by atoms with E-state index in [0.29, 0.717) is 29.8 Å². The van der Waals surface area contributed by atoms with Gasteiger partial charge in [-0.2, -0.15) is 0 Å². The fourth-order valence-electron chi connectivity index (χ4n) is 3.45. The van der Waals surface area contributed by atoms with Crippen LogP contribution in [0, 0.1) is 10.1 Å². The zero-order valence-corrected chi connectivity index (χ0v) is 17.5. The Bertz CT molecular complexity index is 994. The predicted octanol–water partition coefficient (Wildman–Crippen LogP) is 3.64. The maximum atomic E-state index is 13.0. The maximum Gasteiger partial charge on any atom is 0.336 e. The number of nitro benzene ring substituents is 1. The van der Waals surface area contributed by atoms with E-state index in [4.69, 9.17) is 15.0 Å². The zero-order valence-electron chi connectivity index (χ0n) is 17.5. The van der Waals surface area contributed by atoms with E-state index in [-0.39, 0.29) is 30.0 Å². The van der Waals surface area contributed by atoms with Crippen molar-refractivity contribution in [2.75, 3.05) is 20.3 Å². The molecule has 1 atom stereocenters. The highest BCUT2D eigenvalue weighted by Crippen LogP contribution is 2.41. The second-order valence-electron chi connectivity index (χ2n) is 6.61. The van der Waals surface area contributed by atoms with Crippen LogP contribution in [0.1, 0.15) is 38.2 Å². The molecule has 0 amide bonds. The number of nitrogens with zero attached hydrogens (tertiary/aromatic N) is 4. The number of nitro groups is 1. The molecule has 2 rings (SSSR count). The van der Waals surface area contributed by atoms with Gasteiger partial charge >= 0.3 is 11.9 Å². The monoisotopic (exact) mass is 429 g/mol. The third-order valence-electron chi connectivity index (χ3n) is 4.71. The van der Waals surface area contributed by atoms with Crippen LogP contribution in [0.4, 0.5) is 5.69 Å². The molecule has 1 aromatic carbocycles. The smallest absolute Gasteiger partial charge is 0.336 e. The van der Waals surface area contributed by atoms with Gasteiger partial charge in [0.1, 0.15) is 0 Å². The van der Waals surface area contributed by atoms with Gasteiger partial charge in [-0.05, 0) is 37.8 Å². The molecule has 11 nitrogen and oxygen atoms in total. The summed E-state index contributed by atoms with van der Waals surface area (Å²) in [6.07, 6.45) is 0.780. The standard InChI is InChI=1S/C20H23N5O6/c1-4-31-20(27)18-15(9-6-10-22-24-21)23-12(2)16(19(26)30-3)17(18)13-7-5-8-14(11-13)25(28)29/h5,7-8,11,17,23H,4,6,9-10H2,1-3H3. The minimum Gasteiger partial charge on any atom is -0.466 e. The number of methoxy groups -OCH3 is 1. The highest BCUT2D eigenvalue weighted by Gasteiger charge is 2.39. The normalized spacial score (nSPS) is 15.6. The van der Waals surface area contributed by atoms with Crippen LogP contribution in [0.3, 0.4) is 0 Å². The van der Waals surface area contributed by atoms with Crippen molar-refractivity contribution in [1.29, 1.82) is 0 Å². The third kappa shape index (κ3) is 5.40. The molecule has 0 aromatic heterocycles. The topological polar surface area (TPSA) is 157 Å². The van der Waals surface area contributed by atoms with Crippen LogP contribution in [0.25, 0.3) is 10.4 Å². The van der Waals surface area contributed by atoms with Crippen molar-refractivity contribution in [3.63, 3.8) is 0 Å². The molecular formula is C20H23N5O6. The summed E-state index contributed by atoms with van der Waals surface area (Å²) in [6.45, 7) is 3.63. The minimum atomic E-state index is -0.929. The third-order valence-corrected chi connectivity index (χ3v) is 4.71. The lowest BCUT2D eigenvalue weighted by molar-refractivity contribution is -0.384. The van der Waals surface area contributed by atoms with Crippen molar-refractivity contribution < 1.29 is 24.0 Å². The summed E-state index contributed by atoms with van der Waals surface area (Å²) < 4.78 is 10.2. The number of esters is 2. The molecular weight excluding hydrogens is 406 g/mol. The van der Waals surface area contributed by atoms with Crippen LogP contribution in [0.15, 0.2) is 51.9 Å². The van der Waals surface area contributed by atoms with E-state index in [1.807, 2.05) is 0 Å². The van der Waals surface area contributed by atoms with Crippen molar-refractivity contribution in [2.45, 2.75) is 32.6 Å². The number of carbonyl (C=O) groups excluding carboxylic acids is 2. The Kier molecular flexibility index (Phi) is 8.16. The van der Waals surface area contributed by atoms with Crippen molar-refractivity contribution in [1.82, 2.24) is 5.32 Å². The second kappa shape index (κ2) is 10.8. The molecule has 0 radical (unpaired) electrons. The number of non-ortho nitro benzene ring substituents is 1. The van der Waals surface area contributed by atoms with Crippen molar-refractivity contribution in [2.24, 2.45) is 5.11 Å². The Balaban J connectivity index is 2.70. The van der Waals surface area contributed by atoms with Crippen LogP contribution < -0.4 is 5.32 Å². The molecule has 0 saturated heterocycles. The maximum absolute atomic E-state index is 13.0. The van der Waals surface area contributed by atoms with E-state index >= 15 is 0 Å². The average molecular weight is 429 g/mol. The highest BCUT2D eigenvalue weighted by atomic mass is 16.6. The first kappa shape index (κ1) is 23.4. The summed E-state index contributed by atoms with van der Waals surface area (Å²) in [4.78, 5) is 39.0. The van der Waals surface area contributed by atoms with Crippen LogP contribution in [0.2, 0.25) is 0 Å². The lowest BCUT2D eigenvalue weighted by Gasteiger charge is -2.31. The first-order valence-corrected chi connectivity index (χ1v) is 9.57. The Hall–Kier alpha value is -3.85. The van der Waals surface area contributed by atoms with Gasteiger partial charge in [-0.3, -0.25) is 10.1 Å². The quantitative estimate of drug-likeness (QED) is 0.119. The van der Waals surface area contributed by atoms with Crippen molar-refractivity contribution >= 4 is 17.6 Å². The summed E-state index contributed by atoms with van der Waals surface area (Å²) in [7, 11) is 1.22. The van der Waals surface area contributed by atoms with E-state index in [9.17, 15) is 19.7 Å². The van der Waals surface area contributed by atoms with Gasteiger partial charge in [0.15, 0.2) is 0 Å². The molecule has 1 N–H and O–H groups in total. The summed E-state index contributed by atoms with van der Waals surface area (Å²) in [5, 5.41) is 17.9. The fraction of sp³-hybridized carbons (Fsp3) is 0.400. The number of benzene rings is 1. The molecule has 0 spiro atoms. The number of allylic oxidation sites excluding steroid dienone is 2. The lowest BCUT2D eigenvalue weighted by atomic mass is 9.79. The van der Waals surface area contributed by atoms with E-state index in [2.05, 4.69) is 15.3 Å². The number of carbonyl (C=O) groups is 2. The number of hydrogen-bond acceptors (Lipinski definition) is 8. The number of nitrogens with one attached hydrogen (secondary N) is 1. The number of hydrogen-bond donors (Lipinski definition) is 1. The zero-order chi connectivity index (χ0) is 23.0. The molecule has 0 saturated carbocycles. The molecule has 0 aliphatic carbocycles. The van der Waals surface area contributed by atoms with Gasteiger partial charge in [0.2, 0.25) is 0 Å². The minimum absolute atomic E-state index is 0.103. The molecule has 1 aliphatic rings. The van der Waals surface area contributed by atoms with E-state index in [1.54, 1.807) is 19.9 Å². The molecule has 1 heterocycles. The van der Waals surface area contributed by atoms with Gasteiger partial charge in [-0.15, -0.1) is 0 Å². The largest absolute Gasteiger partial charge is 0.466 e. The van der Waals surface area contributed by atoms with E-state index in [1.165, 1.54) is 25.3 Å². The summed E-state index contributed by atoms with van der Waals surface area (Å²) in [6, 6.07) is 5.75. The molecule has 1 aromatic rings. The Morgan fingerprint density at radius 3 is 2.68 bits per heavy atom. The summed E-state index contributed by atoms with van der Waals surface area (Å²) in [5.74, 6) is -2.25. The lowest BCUT2D eigenvalue weighted by Crippen LogP contribution is -2.33. The number of azide groups is 1. The highest BCUT2D eigenvalue weighted by molar-refractivity contribution is 6.00. The molecule has 1 aliphatic heterocycles. The number of rotatable bonds is 9. The Labute approximate surface area is 178 Å². The molecule has 164 valence electrons. The SMILES string of the molecule is CCOC(=O)C1=C(CCCN=[N+]=[N-])NC(C)=C(C(=O)OC)C1c1cccc([N+](=O)[O-])c1. The molecule has 31 heavy (non-hydrogen) atoms. The average Bonchev–Trinajstić information content (AvgIpc) is 2.75. The summed E-state index contributed by atoms with van der Waals surface area (Å²) >= 11 is 0. The molecule has 0 bridgehead atoms. The van der Waals surface area contributed by atoms with Crippen molar-refractivity contribution in [3.8, 4) is 0 Å². The van der Waals surface area contributed by atoms with Crippen LogP contribution in [-0.4, -0.2) is 37.1 Å². The van der Waals surface area contributed by atoms with Crippen LogP contribution >= 0.6 is 0 Å². The van der Waals surface area contributed by atoms with Gasteiger partial charge < -0.3 is 14.8 Å². The van der Waals surface area contributed by atoms with Crippen LogP contribution in [0.5, 0.6) is 0 Å². The van der Waals surface area contributed by atoms with Crippen LogP contribution in [-0.2, 0) is 19.1 Å². The second-order valence-corrected chi connectivity index (χ2v) is 6.61. The van der Waals surface area contributed by atoms with Gasteiger partial charge in [0.05, 0.1) is 35.7 Å². The van der Waals surface area contributed by atoms with Crippen molar-refractivity contribution in [3.05, 3.63) is 72.9 Å². The fourth-order valence-corrected chi connectivity index (χ4v) is 3.45. The van der Waals surface area contributed by atoms with E-state index < -0.39 is 22.8 Å². The molecule has 1 unspecified atom stereocenters. The van der Waals surface area contributed by atoms with Gasteiger partial charge in [-0.25, -0.2) is 9.59 Å². The Morgan fingerprint density at radius 2 is 2.06 bits per heavy atom. The summed E-state index contributed by atoms with van der Waals surface area (Å²) in [5.41, 5.74) is 9.95. The number of dihydropyridines is 1. The molecule has 11 heteroatoms. The van der Waals surface area contributed by atoms with Gasteiger partial charge in [-0.1, -0.05) is 17.2 Å². The first-order chi connectivity index (χ1) is 14.8. The van der Waals surface area contributed by atoms with Gasteiger partial charge in [0, 0.05) is 35.0 Å². The predicted molar refractivity (Wildman–Crippen MR) is 111 cm³/mol. The molecule has 0 fully saturated rings. The number of ether oxygens (including phenoxy) is 2. The van der Waals surface area contributed by atoms with Gasteiger partial charge in [0.25, 0.3) is 5.69 Å². The first-order valence-electron chi connectivity index (χ1n) is 9.57.